The molecule has 0 spiro atoms. The molecule has 0 aliphatic heterocycles. The SMILES string of the molecule is CCCCc1c(C#N)nnn1CCCC. The molecular formula is C11H18N4. The van der Waals surface area contributed by atoms with Crippen LogP contribution in [0.25, 0.3) is 0 Å². The average molecular weight is 206 g/mol. The number of aromatic nitrogens is 3. The molecule has 0 unspecified atom stereocenters. The van der Waals surface area contributed by atoms with E-state index in [1.807, 2.05) is 4.68 Å². The smallest absolute Gasteiger partial charge is 0.185 e. The zero-order chi connectivity index (χ0) is 11.1. The quantitative estimate of drug-likeness (QED) is 0.717. The van der Waals surface area contributed by atoms with Crippen LogP contribution >= 0.6 is 0 Å². The van der Waals surface area contributed by atoms with Gasteiger partial charge in [0, 0.05) is 6.54 Å². The second-order valence-corrected chi connectivity index (χ2v) is 3.68. The summed E-state index contributed by atoms with van der Waals surface area (Å²) in [6.07, 6.45) is 5.36. The summed E-state index contributed by atoms with van der Waals surface area (Å²) >= 11 is 0. The topological polar surface area (TPSA) is 54.5 Å². The molecule has 0 fully saturated rings. The zero-order valence-electron chi connectivity index (χ0n) is 9.53. The van der Waals surface area contributed by atoms with Gasteiger partial charge in [-0.3, -0.25) is 0 Å². The van der Waals surface area contributed by atoms with Crippen LogP contribution in [0.15, 0.2) is 0 Å². The van der Waals surface area contributed by atoms with Crippen molar-refractivity contribution in [1.29, 1.82) is 5.26 Å². The molecule has 15 heavy (non-hydrogen) atoms. The van der Waals surface area contributed by atoms with Crippen LogP contribution in [0.4, 0.5) is 0 Å². The summed E-state index contributed by atoms with van der Waals surface area (Å²) in [6.45, 7) is 5.17. The maximum atomic E-state index is 8.89. The first kappa shape index (κ1) is 11.7. The van der Waals surface area contributed by atoms with Gasteiger partial charge >= 0.3 is 0 Å². The van der Waals surface area contributed by atoms with Crippen LogP contribution < -0.4 is 0 Å². The van der Waals surface area contributed by atoms with E-state index in [2.05, 4.69) is 30.2 Å². The van der Waals surface area contributed by atoms with Gasteiger partial charge in [-0.05, 0) is 19.3 Å². The van der Waals surface area contributed by atoms with Crippen molar-refractivity contribution in [3.8, 4) is 6.07 Å². The first-order valence-electron chi connectivity index (χ1n) is 5.65. The van der Waals surface area contributed by atoms with E-state index < -0.39 is 0 Å². The highest BCUT2D eigenvalue weighted by molar-refractivity contribution is 5.24. The zero-order valence-corrected chi connectivity index (χ0v) is 9.53. The van der Waals surface area contributed by atoms with Crippen LogP contribution in [0.2, 0.25) is 0 Å². The highest BCUT2D eigenvalue weighted by Crippen LogP contribution is 2.09. The minimum absolute atomic E-state index is 0.500. The van der Waals surface area contributed by atoms with Crippen molar-refractivity contribution < 1.29 is 0 Å². The molecule has 4 nitrogen and oxygen atoms in total. The first-order chi connectivity index (χ1) is 7.33. The molecule has 0 bridgehead atoms. The normalized spacial score (nSPS) is 10.2. The van der Waals surface area contributed by atoms with E-state index in [9.17, 15) is 0 Å². The van der Waals surface area contributed by atoms with Crippen LogP contribution in [0.3, 0.4) is 0 Å². The monoisotopic (exact) mass is 206 g/mol. The van der Waals surface area contributed by atoms with Gasteiger partial charge in [0.25, 0.3) is 0 Å². The fourth-order valence-corrected chi connectivity index (χ4v) is 1.50. The molecule has 0 N–H and O–H groups in total. The van der Waals surface area contributed by atoms with Gasteiger partial charge in [0.1, 0.15) is 6.07 Å². The van der Waals surface area contributed by atoms with E-state index in [4.69, 9.17) is 5.26 Å². The summed E-state index contributed by atoms with van der Waals surface area (Å²) < 4.78 is 1.89. The Labute approximate surface area is 90.9 Å². The number of aryl methyl sites for hydroxylation is 1. The van der Waals surface area contributed by atoms with Crippen molar-refractivity contribution in [1.82, 2.24) is 15.0 Å². The molecule has 1 aromatic heterocycles. The summed E-state index contributed by atoms with van der Waals surface area (Å²) in [4.78, 5) is 0. The van der Waals surface area contributed by atoms with E-state index in [0.29, 0.717) is 5.69 Å². The lowest BCUT2D eigenvalue weighted by Crippen LogP contribution is -2.06. The van der Waals surface area contributed by atoms with Gasteiger partial charge in [0.15, 0.2) is 5.69 Å². The van der Waals surface area contributed by atoms with Crippen LogP contribution in [0.1, 0.15) is 50.9 Å². The van der Waals surface area contributed by atoms with E-state index >= 15 is 0 Å². The molecule has 0 atom stereocenters. The molecule has 1 heterocycles. The summed E-state index contributed by atoms with van der Waals surface area (Å²) in [5.41, 5.74) is 1.51. The molecule has 0 radical (unpaired) electrons. The van der Waals surface area contributed by atoms with Crippen LogP contribution in [-0.4, -0.2) is 15.0 Å². The minimum Gasteiger partial charge on any atom is -0.248 e. The van der Waals surface area contributed by atoms with Crippen LogP contribution in [0, 0.1) is 11.3 Å². The third-order valence-corrected chi connectivity index (χ3v) is 2.43. The molecule has 0 aliphatic carbocycles. The van der Waals surface area contributed by atoms with Gasteiger partial charge in [-0.2, -0.15) is 5.26 Å². The summed E-state index contributed by atoms with van der Waals surface area (Å²) in [5.74, 6) is 0. The van der Waals surface area contributed by atoms with Crippen molar-refractivity contribution in [2.24, 2.45) is 0 Å². The van der Waals surface area contributed by atoms with Crippen molar-refractivity contribution in [2.45, 2.75) is 52.5 Å². The summed E-state index contributed by atoms with van der Waals surface area (Å²) in [5, 5.41) is 16.8. The Kier molecular flexibility index (Phi) is 4.82. The Balaban J connectivity index is 2.76. The highest BCUT2D eigenvalue weighted by atomic mass is 15.4. The second-order valence-electron chi connectivity index (χ2n) is 3.68. The van der Waals surface area contributed by atoms with Gasteiger partial charge in [-0.15, -0.1) is 5.10 Å². The lowest BCUT2D eigenvalue weighted by atomic mass is 10.1. The maximum Gasteiger partial charge on any atom is 0.185 e. The highest BCUT2D eigenvalue weighted by Gasteiger charge is 2.10. The number of hydrogen-bond donors (Lipinski definition) is 0. The average Bonchev–Trinajstić information content (AvgIpc) is 2.65. The molecule has 4 heteroatoms. The van der Waals surface area contributed by atoms with Crippen molar-refractivity contribution >= 4 is 0 Å². The lowest BCUT2D eigenvalue weighted by molar-refractivity contribution is 0.528. The molecule has 1 rings (SSSR count). The standard InChI is InChI=1S/C11H18N4/c1-3-5-7-11-10(9-12)13-14-15(11)8-6-4-2/h3-8H2,1-2H3. The Morgan fingerprint density at radius 2 is 2.00 bits per heavy atom. The molecule has 82 valence electrons. The van der Waals surface area contributed by atoms with Crippen molar-refractivity contribution in [2.75, 3.05) is 0 Å². The Morgan fingerprint density at radius 1 is 1.27 bits per heavy atom. The van der Waals surface area contributed by atoms with Crippen molar-refractivity contribution in [3.63, 3.8) is 0 Å². The molecule has 0 aliphatic rings. The molecule has 0 saturated heterocycles. The minimum atomic E-state index is 0.500. The molecule has 0 aromatic carbocycles. The van der Waals surface area contributed by atoms with Crippen LogP contribution in [0.5, 0.6) is 0 Å². The number of hydrogen-bond acceptors (Lipinski definition) is 3. The van der Waals surface area contributed by atoms with Gasteiger partial charge in [0.2, 0.25) is 0 Å². The number of unbranched alkanes of at least 4 members (excludes halogenated alkanes) is 2. The predicted molar refractivity (Wildman–Crippen MR) is 58.3 cm³/mol. The van der Waals surface area contributed by atoms with Gasteiger partial charge in [0.05, 0.1) is 5.69 Å². The molecule has 0 amide bonds. The van der Waals surface area contributed by atoms with E-state index in [1.54, 1.807) is 0 Å². The molecular weight excluding hydrogens is 188 g/mol. The summed E-state index contributed by atoms with van der Waals surface area (Å²) in [7, 11) is 0. The van der Waals surface area contributed by atoms with Crippen LogP contribution in [-0.2, 0) is 13.0 Å². The number of nitriles is 1. The van der Waals surface area contributed by atoms with Gasteiger partial charge in [-0.1, -0.05) is 31.9 Å². The largest absolute Gasteiger partial charge is 0.248 e. The van der Waals surface area contributed by atoms with Gasteiger partial charge < -0.3 is 0 Å². The predicted octanol–water partition coefficient (Wildman–Crippen LogP) is 2.29. The number of rotatable bonds is 6. The van der Waals surface area contributed by atoms with E-state index in [-0.39, 0.29) is 0 Å². The third kappa shape index (κ3) is 3.05. The Hall–Kier alpha value is -1.37. The second kappa shape index (κ2) is 6.18. The number of nitrogens with zero attached hydrogens (tertiary/aromatic N) is 4. The third-order valence-electron chi connectivity index (χ3n) is 2.43. The lowest BCUT2D eigenvalue weighted by Gasteiger charge is -2.04. The Morgan fingerprint density at radius 3 is 2.60 bits per heavy atom. The summed E-state index contributed by atoms with van der Waals surface area (Å²) in [6, 6.07) is 2.11. The molecule has 1 aromatic rings. The maximum absolute atomic E-state index is 8.89. The van der Waals surface area contributed by atoms with E-state index in [0.717, 1.165) is 44.3 Å². The fraction of sp³-hybridized carbons (Fsp3) is 0.727. The first-order valence-corrected chi connectivity index (χ1v) is 5.65. The van der Waals surface area contributed by atoms with Crippen molar-refractivity contribution in [3.05, 3.63) is 11.4 Å². The van der Waals surface area contributed by atoms with E-state index in [1.165, 1.54) is 0 Å². The molecule has 0 saturated carbocycles. The van der Waals surface area contributed by atoms with Gasteiger partial charge in [-0.25, -0.2) is 4.68 Å². The Bertz CT molecular complexity index is 335. The fourth-order valence-electron chi connectivity index (χ4n) is 1.50.